The number of hydrogen-bond acceptors (Lipinski definition) is 6. The van der Waals surface area contributed by atoms with Crippen molar-refractivity contribution in [1.82, 2.24) is 9.88 Å². The van der Waals surface area contributed by atoms with Crippen molar-refractivity contribution in [3.8, 4) is 11.5 Å². The quantitative estimate of drug-likeness (QED) is 0.768. The molecule has 7 heteroatoms. The number of thiazole rings is 1. The second-order valence-electron chi connectivity index (χ2n) is 5.54. The Balaban J connectivity index is 1.62. The number of hydrogen-bond donors (Lipinski definition) is 0. The molecule has 1 aliphatic heterocycles. The van der Waals surface area contributed by atoms with Crippen LogP contribution in [0.5, 0.6) is 11.5 Å². The van der Waals surface area contributed by atoms with Crippen molar-refractivity contribution in [1.29, 1.82) is 0 Å². The maximum absolute atomic E-state index is 12.5. The van der Waals surface area contributed by atoms with Crippen LogP contribution in [0, 0.1) is 0 Å². The Hall–Kier alpha value is -2.54. The molecular formula is C18H21N3O3S. The molecule has 1 fully saturated rings. The van der Waals surface area contributed by atoms with E-state index in [1.54, 1.807) is 37.7 Å². The number of ether oxygens (including phenoxy) is 2. The fourth-order valence-corrected chi connectivity index (χ4v) is 3.50. The fraction of sp³-hybridized carbons (Fsp3) is 0.333. The second-order valence-corrected chi connectivity index (χ2v) is 6.42. The van der Waals surface area contributed by atoms with Crippen LogP contribution < -0.4 is 14.4 Å². The maximum atomic E-state index is 12.5. The molecule has 1 saturated heterocycles. The van der Waals surface area contributed by atoms with E-state index in [1.165, 1.54) is 0 Å². The largest absolute Gasteiger partial charge is 0.493 e. The van der Waals surface area contributed by atoms with Crippen LogP contribution in [0.15, 0.2) is 35.9 Å². The fourth-order valence-electron chi connectivity index (χ4n) is 2.80. The summed E-state index contributed by atoms with van der Waals surface area (Å²) >= 11 is 1.63. The monoisotopic (exact) mass is 359 g/mol. The molecule has 0 radical (unpaired) electrons. The molecule has 0 unspecified atom stereocenters. The number of piperazine rings is 1. The predicted octanol–water partition coefficient (Wildman–Crippen LogP) is 2.52. The second kappa shape index (κ2) is 8.02. The molecule has 0 N–H and O–H groups in total. The molecule has 1 amide bonds. The van der Waals surface area contributed by atoms with Gasteiger partial charge in [0.05, 0.1) is 14.2 Å². The number of aromatic nitrogens is 1. The summed E-state index contributed by atoms with van der Waals surface area (Å²) in [6.45, 7) is 2.99. The first kappa shape index (κ1) is 17.3. The standard InChI is InChI=1S/C18H21N3O3S/c1-23-15-5-3-4-14(17(15)24-2)6-7-16(22)20-9-11-21(12-10-20)18-19-8-13-25-18/h3-8,13H,9-12H2,1-2H3/b7-6+. The van der Waals surface area contributed by atoms with E-state index < -0.39 is 0 Å². The van der Waals surface area contributed by atoms with Gasteiger partial charge in [-0.1, -0.05) is 12.1 Å². The van der Waals surface area contributed by atoms with Crippen molar-refractivity contribution < 1.29 is 14.3 Å². The Labute approximate surface area is 151 Å². The molecule has 1 aliphatic rings. The first-order valence-corrected chi connectivity index (χ1v) is 8.93. The number of carbonyl (C=O) groups is 1. The minimum atomic E-state index is 0.00339. The molecular weight excluding hydrogens is 338 g/mol. The predicted molar refractivity (Wildman–Crippen MR) is 99.5 cm³/mol. The zero-order valence-corrected chi connectivity index (χ0v) is 15.2. The normalized spacial score (nSPS) is 14.8. The lowest BCUT2D eigenvalue weighted by atomic mass is 10.1. The van der Waals surface area contributed by atoms with Gasteiger partial charge in [0.1, 0.15) is 0 Å². The highest BCUT2D eigenvalue weighted by Gasteiger charge is 2.21. The number of para-hydroxylation sites is 1. The number of anilines is 1. The highest BCUT2D eigenvalue weighted by atomic mass is 32.1. The van der Waals surface area contributed by atoms with E-state index in [9.17, 15) is 4.79 Å². The molecule has 1 aromatic heterocycles. The summed E-state index contributed by atoms with van der Waals surface area (Å²) < 4.78 is 10.7. The summed E-state index contributed by atoms with van der Waals surface area (Å²) in [5.41, 5.74) is 0.816. The van der Waals surface area contributed by atoms with Crippen LogP contribution in [0.2, 0.25) is 0 Å². The van der Waals surface area contributed by atoms with E-state index in [1.807, 2.05) is 34.7 Å². The molecule has 25 heavy (non-hydrogen) atoms. The third-order valence-electron chi connectivity index (χ3n) is 4.12. The van der Waals surface area contributed by atoms with Gasteiger partial charge in [-0.25, -0.2) is 4.98 Å². The molecule has 0 aliphatic carbocycles. The van der Waals surface area contributed by atoms with Crippen molar-refractivity contribution in [2.75, 3.05) is 45.3 Å². The van der Waals surface area contributed by atoms with E-state index >= 15 is 0 Å². The molecule has 3 rings (SSSR count). The SMILES string of the molecule is COc1cccc(/C=C/C(=O)N2CCN(c3nccs3)CC2)c1OC. The van der Waals surface area contributed by atoms with E-state index in [-0.39, 0.29) is 5.91 Å². The minimum Gasteiger partial charge on any atom is -0.493 e. The Morgan fingerprint density at radius 1 is 1.20 bits per heavy atom. The molecule has 132 valence electrons. The van der Waals surface area contributed by atoms with E-state index in [4.69, 9.17) is 9.47 Å². The summed E-state index contributed by atoms with van der Waals surface area (Å²) in [5.74, 6) is 1.28. The first-order valence-electron chi connectivity index (χ1n) is 8.05. The molecule has 2 aromatic rings. The number of methoxy groups -OCH3 is 2. The Morgan fingerprint density at radius 2 is 2.00 bits per heavy atom. The van der Waals surface area contributed by atoms with Crippen molar-refractivity contribution in [2.24, 2.45) is 0 Å². The van der Waals surface area contributed by atoms with Crippen molar-refractivity contribution in [3.63, 3.8) is 0 Å². The van der Waals surface area contributed by atoms with Gasteiger partial charge in [0.2, 0.25) is 5.91 Å². The van der Waals surface area contributed by atoms with Crippen LogP contribution in [-0.4, -0.2) is 56.2 Å². The molecule has 6 nitrogen and oxygen atoms in total. The Kier molecular flexibility index (Phi) is 5.55. The Bertz CT molecular complexity index is 738. The number of benzene rings is 1. The third kappa shape index (κ3) is 3.93. The number of nitrogens with zero attached hydrogens (tertiary/aromatic N) is 3. The van der Waals surface area contributed by atoms with Crippen molar-refractivity contribution in [2.45, 2.75) is 0 Å². The summed E-state index contributed by atoms with van der Waals surface area (Å²) in [6, 6.07) is 5.60. The van der Waals surface area contributed by atoms with Crippen LogP contribution in [-0.2, 0) is 4.79 Å². The van der Waals surface area contributed by atoms with E-state index in [2.05, 4.69) is 9.88 Å². The lowest BCUT2D eigenvalue weighted by molar-refractivity contribution is -0.126. The first-order chi connectivity index (χ1) is 12.2. The number of amides is 1. The highest BCUT2D eigenvalue weighted by Crippen LogP contribution is 2.31. The van der Waals surface area contributed by atoms with Crippen molar-refractivity contribution >= 4 is 28.5 Å². The average molecular weight is 359 g/mol. The average Bonchev–Trinajstić information content (AvgIpc) is 3.20. The minimum absolute atomic E-state index is 0.00339. The van der Waals surface area contributed by atoms with Crippen LogP contribution in [0.1, 0.15) is 5.56 Å². The van der Waals surface area contributed by atoms with Crippen LogP contribution >= 0.6 is 11.3 Å². The van der Waals surface area contributed by atoms with Gasteiger partial charge in [0, 0.05) is 49.4 Å². The van der Waals surface area contributed by atoms with Gasteiger partial charge in [-0.2, -0.15) is 0 Å². The zero-order chi connectivity index (χ0) is 17.6. The van der Waals surface area contributed by atoms with Crippen LogP contribution in [0.4, 0.5) is 5.13 Å². The lowest BCUT2D eigenvalue weighted by Crippen LogP contribution is -2.48. The van der Waals surface area contributed by atoms with Gasteiger partial charge in [-0.15, -0.1) is 11.3 Å². The number of carbonyl (C=O) groups excluding carboxylic acids is 1. The maximum Gasteiger partial charge on any atom is 0.246 e. The summed E-state index contributed by atoms with van der Waals surface area (Å²) in [4.78, 5) is 20.8. The lowest BCUT2D eigenvalue weighted by Gasteiger charge is -2.34. The highest BCUT2D eigenvalue weighted by molar-refractivity contribution is 7.13. The molecule has 1 aromatic carbocycles. The molecule has 2 heterocycles. The van der Waals surface area contributed by atoms with Crippen molar-refractivity contribution in [3.05, 3.63) is 41.4 Å². The summed E-state index contributed by atoms with van der Waals surface area (Å²) in [7, 11) is 3.19. The summed E-state index contributed by atoms with van der Waals surface area (Å²) in [6.07, 6.45) is 5.18. The van der Waals surface area contributed by atoms with Gasteiger partial charge >= 0.3 is 0 Å². The van der Waals surface area contributed by atoms with Gasteiger partial charge < -0.3 is 19.3 Å². The van der Waals surface area contributed by atoms with E-state index in [0.29, 0.717) is 24.6 Å². The zero-order valence-electron chi connectivity index (χ0n) is 14.3. The van der Waals surface area contributed by atoms with Crippen LogP contribution in [0.3, 0.4) is 0 Å². The molecule has 0 spiro atoms. The van der Waals surface area contributed by atoms with Gasteiger partial charge in [-0.3, -0.25) is 4.79 Å². The van der Waals surface area contributed by atoms with Gasteiger partial charge in [0.15, 0.2) is 16.6 Å². The van der Waals surface area contributed by atoms with Gasteiger partial charge in [-0.05, 0) is 12.1 Å². The smallest absolute Gasteiger partial charge is 0.246 e. The molecule has 0 bridgehead atoms. The van der Waals surface area contributed by atoms with Gasteiger partial charge in [0.25, 0.3) is 0 Å². The third-order valence-corrected chi connectivity index (χ3v) is 4.95. The summed E-state index contributed by atoms with van der Waals surface area (Å²) in [5, 5.41) is 2.99. The topological polar surface area (TPSA) is 54.9 Å². The Morgan fingerprint density at radius 3 is 2.64 bits per heavy atom. The molecule has 0 saturated carbocycles. The van der Waals surface area contributed by atoms with E-state index in [0.717, 1.165) is 23.8 Å². The molecule has 0 atom stereocenters. The van der Waals surface area contributed by atoms with Crippen LogP contribution in [0.25, 0.3) is 6.08 Å². The number of rotatable bonds is 5.